The zero-order chi connectivity index (χ0) is 21.6. The third kappa shape index (κ3) is 3.60. The molecule has 0 bridgehead atoms. The van der Waals surface area contributed by atoms with Gasteiger partial charge in [0.2, 0.25) is 5.43 Å². The van der Waals surface area contributed by atoms with E-state index < -0.39 is 40.2 Å². The summed E-state index contributed by atoms with van der Waals surface area (Å²) in [5.74, 6) is -3.29. The van der Waals surface area contributed by atoms with Gasteiger partial charge >= 0.3 is 0 Å². The second-order valence-corrected chi connectivity index (χ2v) is 7.60. The SMILES string of the molecule is CN1CN(CC2CC2)C(=O)c2c(O)c(=O)c(C(=O)NCc3ccc(F)cc3F)cn21. The van der Waals surface area contributed by atoms with Gasteiger partial charge in [-0.1, -0.05) is 6.07 Å². The molecule has 2 heterocycles. The van der Waals surface area contributed by atoms with E-state index in [1.54, 1.807) is 17.0 Å². The van der Waals surface area contributed by atoms with Gasteiger partial charge in [-0.3, -0.25) is 24.1 Å². The van der Waals surface area contributed by atoms with Gasteiger partial charge in [0.25, 0.3) is 11.8 Å². The summed E-state index contributed by atoms with van der Waals surface area (Å²) in [6.07, 6.45) is 3.26. The second kappa shape index (κ2) is 7.43. The number of halogens is 2. The number of amides is 2. The molecule has 8 nitrogen and oxygen atoms in total. The quantitative estimate of drug-likeness (QED) is 0.760. The van der Waals surface area contributed by atoms with Crippen molar-refractivity contribution in [2.24, 2.45) is 5.92 Å². The van der Waals surface area contributed by atoms with E-state index in [4.69, 9.17) is 0 Å². The van der Waals surface area contributed by atoms with Gasteiger partial charge in [0, 0.05) is 38.0 Å². The average molecular weight is 418 g/mol. The Balaban J connectivity index is 1.60. The van der Waals surface area contributed by atoms with Gasteiger partial charge in [-0.2, -0.15) is 0 Å². The van der Waals surface area contributed by atoms with Crippen molar-refractivity contribution in [2.75, 3.05) is 25.3 Å². The number of aromatic hydroxyl groups is 1. The van der Waals surface area contributed by atoms with E-state index in [2.05, 4.69) is 5.32 Å². The lowest BCUT2D eigenvalue weighted by Gasteiger charge is -2.37. The molecule has 10 heteroatoms. The van der Waals surface area contributed by atoms with Crippen molar-refractivity contribution in [1.82, 2.24) is 14.9 Å². The topological polar surface area (TPSA) is 94.9 Å². The van der Waals surface area contributed by atoms with E-state index in [9.17, 15) is 28.3 Å². The third-order valence-electron chi connectivity index (χ3n) is 5.27. The predicted octanol–water partition coefficient (Wildman–Crippen LogP) is 1.15. The van der Waals surface area contributed by atoms with Gasteiger partial charge in [-0.05, 0) is 24.8 Å². The molecule has 2 aliphatic rings. The Hall–Kier alpha value is -3.43. The summed E-state index contributed by atoms with van der Waals surface area (Å²) in [6.45, 7) is 0.506. The number of fused-ring (bicyclic) bond motifs is 1. The van der Waals surface area contributed by atoms with Crippen molar-refractivity contribution in [3.63, 3.8) is 0 Å². The first-order chi connectivity index (χ1) is 14.3. The summed E-state index contributed by atoms with van der Waals surface area (Å²) in [4.78, 5) is 39.4. The fraction of sp³-hybridized carbons (Fsp3) is 0.350. The molecule has 1 aromatic carbocycles. The first-order valence-corrected chi connectivity index (χ1v) is 9.47. The first-order valence-electron chi connectivity index (χ1n) is 9.47. The second-order valence-electron chi connectivity index (χ2n) is 7.60. The highest BCUT2D eigenvalue weighted by Gasteiger charge is 2.35. The van der Waals surface area contributed by atoms with Crippen LogP contribution in [0.1, 0.15) is 39.3 Å². The zero-order valence-electron chi connectivity index (χ0n) is 16.2. The Morgan fingerprint density at radius 1 is 1.27 bits per heavy atom. The van der Waals surface area contributed by atoms with Crippen molar-refractivity contribution in [1.29, 1.82) is 0 Å². The minimum atomic E-state index is -0.992. The van der Waals surface area contributed by atoms with Gasteiger partial charge in [0.1, 0.15) is 23.9 Å². The van der Waals surface area contributed by atoms with Crippen molar-refractivity contribution in [2.45, 2.75) is 19.4 Å². The van der Waals surface area contributed by atoms with Crippen molar-refractivity contribution < 1.29 is 23.5 Å². The lowest BCUT2D eigenvalue weighted by atomic mass is 10.1. The standard InChI is InChI=1S/C20H20F2N4O4/c1-24-10-25(8-11-2-3-11)20(30)16-18(28)17(27)14(9-26(16)24)19(29)23-7-12-4-5-13(21)6-15(12)22/h4-6,9,11,28H,2-3,7-8,10H2,1H3,(H,23,29). The first kappa shape index (κ1) is 19.9. The van der Waals surface area contributed by atoms with Crippen LogP contribution in [-0.2, 0) is 6.54 Å². The van der Waals surface area contributed by atoms with Crippen LogP contribution in [0.25, 0.3) is 0 Å². The molecule has 0 saturated heterocycles. The van der Waals surface area contributed by atoms with Crippen LogP contribution in [0.15, 0.2) is 29.2 Å². The summed E-state index contributed by atoms with van der Waals surface area (Å²) < 4.78 is 28.0. The van der Waals surface area contributed by atoms with Crippen molar-refractivity contribution in [3.8, 4) is 5.75 Å². The van der Waals surface area contributed by atoms with Gasteiger partial charge in [0.15, 0.2) is 11.4 Å². The van der Waals surface area contributed by atoms with Crippen molar-refractivity contribution >= 4 is 11.8 Å². The number of pyridine rings is 1. The predicted molar refractivity (Wildman–Crippen MR) is 103 cm³/mol. The number of hydrogen-bond acceptors (Lipinski definition) is 5. The molecule has 2 N–H and O–H groups in total. The summed E-state index contributed by atoms with van der Waals surface area (Å²) >= 11 is 0. The minimum Gasteiger partial charge on any atom is -0.502 e. The molecular formula is C20H20F2N4O4. The molecule has 0 radical (unpaired) electrons. The molecular weight excluding hydrogens is 398 g/mol. The largest absolute Gasteiger partial charge is 0.502 e. The Bertz CT molecular complexity index is 1100. The van der Waals surface area contributed by atoms with Crippen LogP contribution in [0.4, 0.5) is 8.78 Å². The molecule has 2 amide bonds. The molecule has 0 atom stereocenters. The highest BCUT2D eigenvalue weighted by atomic mass is 19.1. The van der Waals surface area contributed by atoms with Crippen molar-refractivity contribution in [3.05, 3.63) is 63.1 Å². The number of benzene rings is 1. The molecule has 1 saturated carbocycles. The molecule has 2 aromatic rings. The fourth-order valence-corrected chi connectivity index (χ4v) is 3.44. The minimum absolute atomic E-state index is 0.0371. The molecule has 0 unspecified atom stereocenters. The van der Waals surface area contributed by atoms with E-state index in [0.29, 0.717) is 18.5 Å². The summed E-state index contributed by atoms with van der Waals surface area (Å²) in [5.41, 5.74) is -1.55. The Morgan fingerprint density at radius 3 is 2.67 bits per heavy atom. The van der Waals surface area contributed by atoms with E-state index in [1.165, 1.54) is 16.9 Å². The van der Waals surface area contributed by atoms with Gasteiger partial charge in [0.05, 0.1) is 0 Å². The van der Waals surface area contributed by atoms with E-state index in [1.807, 2.05) is 0 Å². The fourth-order valence-electron chi connectivity index (χ4n) is 3.44. The molecule has 158 valence electrons. The average Bonchev–Trinajstić information content (AvgIpc) is 3.51. The highest BCUT2D eigenvalue weighted by molar-refractivity contribution is 5.99. The number of rotatable bonds is 5. The number of carbonyl (C=O) groups excluding carboxylic acids is 2. The monoisotopic (exact) mass is 418 g/mol. The van der Waals surface area contributed by atoms with Crippen LogP contribution in [0, 0.1) is 17.6 Å². The Kier molecular flexibility index (Phi) is 4.92. The number of hydrogen-bond donors (Lipinski definition) is 2. The smallest absolute Gasteiger partial charge is 0.277 e. The summed E-state index contributed by atoms with van der Waals surface area (Å²) in [6, 6.07) is 2.93. The molecule has 0 spiro atoms. The normalized spacial score (nSPS) is 15.9. The van der Waals surface area contributed by atoms with Crippen LogP contribution in [0.5, 0.6) is 5.75 Å². The van der Waals surface area contributed by atoms with E-state index in [-0.39, 0.29) is 24.5 Å². The number of carbonyl (C=O) groups is 2. The van der Waals surface area contributed by atoms with Crippen LogP contribution < -0.4 is 15.8 Å². The lowest BCUT2D eigenvalue weighted by Crippen LogP contribution is -2.53. The zero-order valence-corrected chi connectivity index (χ0v) is 16.2. The molecule has 1 aliphatic carbocycles. The number of aromatic nitrogens is 1. The van der Waals surface area contributed by atoms with Gasteiger partial charge in [-0.25, -0.2) is 8.78 Å². The maximum absolute atomic E-state index is 13.8. The maximum Gasteiger partial charge on any atom is 0.277 e. The highest BCUT2D eigenvalue weighted by Crippen LogP contribution is 2.31. The molecule has 1 aliphatic heterocycles. The molecule has 1 aromatic heterocycles. The Morgan fingerprint density at radius 2 is 2.00 bits per heavy atom. The molecule has 30 heavy (non-hydrogen) atoms. The van der Waals surface area contributed by atoms with Crippen LogP contribution in [0.3, 0.4) is 0 Å². The van der Waals surface area contributed by atoms with Crippen LogP contribution in [-0.4, -0.2) is 46.8 Å². The lowest BCUT2D eigenvalue weighted by molar-refractivity contribution is 0.0683. The van der Waals surface area contributed by atoms with Gasteiger partial charge < -0.3 is 15.3 Å². The number of nitrogens with zero attached hydrogens (tertiary/aromatic N) is 3. The van der Waals surface area contributed by atoms with Gasteiger partial charge in [-0.15, -0.1) is 0 Å². The molecule has 1 fully saturated rings. The van der Waals surface area contributed by atoms with Crippen LogP contribution >= 0.6 is 0 Å². The summed E-state index contributed by atoms with van der Waals surface area (Å²) in [5, 5.41) is 14.4. The molecule has 4 rings (SSSR count). The third-order valence-corrected chi connectivity index (χ3v) is 5.27. The van der Waals surface area contributed by atoms with E-state index in [0.717, 1.165) is 18.9 Å². The van der Waals surface area contributed by atoms with Crippen LogP contribution in [0.2, 0.25) is 0 Å². The van der Waals surface area contributed by atoms with E-state index >= 15 is 0 Å². The summed E-state index contributed by atoms with van der Waals surface area (Å²) in [7, 11) is 1.66. The maximum atomic E-state index is 13.8. The number of nitrogens with one attached hydrogen (secondary N) is 1. The Labute approximate surface area is 170 Å².